The SMILES string of the molecule is CC(C)(C)OC=O.CNC1CC2(C1)CC(NC(CO)CC1(C(F)(F)F)CC1)C2. The van der Waals surface area contributed by atoms with E-state index in [0.717, 1.165) is 12.8 Å². The number of alkyl halides is 3. The Morgan fingerprint density at radius 3 is 2.00 bits per heavy atom. The number of nitrogens with one attached hydrogen (secondary N) is 2. The summed E-state index contributed by atoms with van der Waals surface area (Å²) in [5, 5.41) is 15.9. The van der Waals surface area contributed by atoms with Crippen molar-refractivity contribution < 1.29 is 27.8 Å². The highest BCUT2D eigenvalue weighted by molar-refractivity contribution is 5.37. The van der Waals surface area contributed by atoms with Crippen LogP contribution in [0.1, 0.15) is 65.7 Å². The Balaban J connectivity index is 0.000000345. The number of aliphatic hydroxyl groups excluding tert-OH is 1. The van der Waals surface area contributed by atoms with Crippen LogP contribution in [0.2, 0.25) is 0 Å². The summed E-state index contributed by atoms with van der Waals surface area (Å²) in [6.45, 7) is 5.71. The zero-order chi connectivity index (χ0) is 21.2. The van der Waals surface area contributed by atoms with Gasteiger partial charge in [0.25, 0.3) is 6.47 Å². The third kappa shape index (κ3) is 5.83. The summed E-state index contributed by atoms with van der Waals surface area (Å²) in [7, 11) is 1.97. The highest BCUT2D eigenvalue weighted by atomic mass is 19.4. The average molecular weight is 409 g/mol. The van der Waals surface area contributed by atoms with Gasteiger partial charge in [0.15, 0.2) is 0 Å². The summed E-state index contributed by atoms with van der Waals surface area (Å²) in [4.78, 5) is 9.60. The van der Waals surface area contributed by atoms with E-state index < -0.39 is 17.6 Å². The topological polar surface area (TPSA) is 70.6 Å². The van der Waals surface area contributed by atoms with Gasteiger partial charge in [0.1, 0.15) is 5.60 Å². The molecule has 1 atom stereocenters. The van der Waals surface area contributed by atoms with E-state index in [1.165, 1.54) is 12.8 Å². The van der Waals surface area contributed by atoms with Crippen LogP contribution in [0.4, 0.5) is 13.2 Å². The molecule has 3 rings (SSSR count). The van der Waals surface area contributed by atoms with Gasteiger partial charge in [-0.05, 0) is 78.2 Å². The normalized spacial score (nSPS) is 31.7. The van der Waals surface area contributed by atoms with Crippen LogP contribution >= 0.6 is 0 Å². The number of halogens is 3. The summed E-state index contributed by atoms with van der Waals surface area (Å²) in [6.07, 6.45) is 0.768. The van der Waals surface area contributed by atoms with Gasteiger partial charge in [0.05, 0.1) is 12.0 Å². The molecule has 0 aliphatic heterocycles. The monoisotopic (exact) mass is 408 g/mol. The van der Waals surface area contributed by atoms with Crippen molar-refractivity contribution in [1.82, 2.24) is 10.6 Å². The van der Waals surface area contributed by atoms with Gasteiger partial charge < -0.3 is 20.5 Å². The third-order valence-electron chi connectivity index (χ3n) is 6.31. The molecule has 3 aliphatic rings. The van der Waals surface area contributed by atoms with E-state index in [-0.39, 0.29) is 37.5 Å². The minimum atomic E-state index is -4.13. The fourth-order valence-electron chi connectivity index (χ4n) is 4.51. The van der Waals surface area contributed by atoms with Gasteiger partial charge in [-0.1, -0.05) is 0 Å². The van der Waals surface area contributed by atoms with Gasteiger partial charge in [0.2, 0.25) is 0 Å². The Labute approximate surface area is 165 Å². The number of hydrogen-bond acceptors (Lipinski definition) is 5. The molecule has 1 unspecified atom stereocenters. The van der Waals surface area contributed by atoms with E-state index in [0.29, 0.717) is 17.9 Å². The van der Waals surface area contributed by atoms with Crippen LogP contribution in [-0.4, -0.2) is 55.1 Å². The number of aliphatic hydroxyl groups is 1. The minimum absolute atomic E-state index is 0.0235. The van der Waals surface area contributed by atoms with Crippen LogP contribution in [0.3, 0.4) is 0 Å². The fraction of sp³-hybridized carbons (Fsp3) is 0.950. The van der Waals surface area contributed by atoms with Crippen molar-refractivity contribution in [1.29, 1.82) is 0 Å². The molecule has 0 heterocycles. The fourth-order valence-corrected chi connectivity index (χ4v) is 4.51. The molecular weight excluding hydrogens is 373 g/mol. The molecule has 5 nitrogen and oxygen atoms in total. The van der Waals surface area contributed by atoms with Crippen molar-refractivity contribution in [2.45, 2.75) is 95.6 Å². The second kappa shape index (κ2) is 8.48. The van der Waals surface area contributed by atoms with E-state index in [1.54, 1.807) is 0 Å². The van der Waals surface area contributed by atoms with Crippen LogP contribution in [0.25, 0.3) is 0 Å². The molecule has 0 aromatic rings. The third-order valence-corrected chi connectivity index (χ3v) is 6.31. The summed E-state index contributed by atoms with van der Waals surface area (Å²) in [5.74, 6) is 0. The summed E-state index contributed by atoms with van der Waals surface area (Å²) in [6, 6.07) is 0.472. The predicted molar refractivity (Wildman–Crippen MR) is 101 cm³/mol. The second-order valence-electron chi connectivity index (χ2n) is 9.85. The molecule has 0 radical (unpaired) electrons. The first kappa shape index (κ1) is 23.4. The molecule has 28 heavy (non-hydrogen) atoms. The molecule has 0 amide bonds. The first-order valence-corrected chi connectivity index (χ1v) is 10.1. The number of ether oxygens (including phenoxy) is 1. The molecule has 3 fully saturated rings. The van der Waals surface area contributed by atoms with Crippen molar-refractivity contribution in [3.05, 3.63) is 0 Å². The molecule has 3 saturated carbocycles. The zero-order valence-corrected chi connectivity index (χ0v) is 17.4. The maximum Gasteiger partial charge on any atom is 0.394 e. The van der Waals surface area contributed by atoms with E-state index in [9.17, 15) is 23.1 Å². The maximum atomic E-state index is 13.0. The molecule has 0 aromatic carbocycles. The van der Waals surface area contributed by atoms with Crippen molar-refractivity contribution in [3.63, 3.8) is 0 Å². The lowest BCUT2D eigenvalue weighted by Crippen LogP contribution is -2.61. The molecular formula is C20H35F3N2O3. The van der Waals surface area contributed by atoms with Gasteiger partial charge >= 0.3 is 6.18 Å². The molecule has 3 N–H and O–H groups in total. The van der Waals surface area contributed by atoms with Crippen molar-refractivity contribution in [3.8, 4) is 0 Å². The molecule has 164 valence electrons. The van der Waals surface area contributed by atoms with Crippen LogP contribution < -0.4 is 10.6 Å². The standard InChI is InChI=1S/C15H25F3N2O.C5H10O2/c1-19-10-4-13(5-10)6-11(7-13)20-12(9-21)8-14(2-3-14)15(16,17)18;1-5(2,3)7-4-6/h10-12,19-21H,2-9H2,1H3;4H,1-3H3. The Morgan fingerprint density at radius 2 is 1.68 bits per heavy atom. The molecule has 1 spiro atoms. The minimum Gasteiger partial charge on any atom is -0.462 e. The number of carbonyl (C=O) groups is 1. The largest absolute Gasteiger partial charge is 0.462 e. The summed E-state index contributed by atoms with van der Waals surface area (Å²) in [5.41, 5.74) is -1.42. The smallest absolute Gasteiger partial charge is 0.394 e. The second-order valence-corrected chi connectivity index (χ2v) is 9.85. The van der Waals surface area contributed by atoms with Crippen LogP contribution in [0.5, 0.6) is 0 Å². The Morgan fingerprint density at radius 1 is 1.14 bits per heavy atom. The average Bonchev–Trinajstić information content (AvgIpc) is 3.27. The van der Waals surface area contributed by atoms with E-state index in [1.807, 2.05) is 27.8 Å². The first-order valence-electron chi connectivity index (χ1n) is 10.1. The Bertz CT molecular complexity index is 516. The molecule has 0 saturated heterocycles. The lowest BCUT2D eigenvalue weighted by molar-refractivity contribution is -0.191. The lowest BCUT2D eigenvalue weighted by atomic mass is 9.52. The van der Waals surface area contributed by atoms with E-state index >= 15 is 0 Å². The quantitative estimate of drug-likeness (QED) is 0.565. The van der Waals surface area contributed by atoms with Gasteiger partial charge in [0, 0.05) is 18.1 Å². The summed E-state index contributed by atoms with van der Waals surface area (Å²) >= 11 is 0. The van der Waals surface area contributed by atoms with Gasteiger partial charge in [-0.3, -0.25) is 4.79 Å². The lowest BCUT2D eigenvalue weighted by Gasteiger charge is -2.58. The number of rotatable bonds is 7. The van der Waals surface area contributed by atoms with E-state index in [4.69, 9.17) is 0 Å². The highest BCUT2D eigenvalue weighted by Crippen LogP contribution is 2.61. The molecule has 0 bridgehead atoms. The van der Waals surface area contributed by atoms with Crippen molar-refractivity contribution in [2.24, 2.45) is 10.8 Å². The van der Waals surface area contributed by atoms with Crippen LogP contribution in [0, 0.1) is 10.8 Å². The van der Waals surface area contributed by atoms with Gasteiger partial charge in [-0.25, -0.2) is 0 Å². The van der Waals surface area contributed by atoms with Crippen LogP contribution in [0.15, 0.2) is 0 Å². The van der Waals surface area contributed by atoms with Gasteiger partial charge in [-0.2, -0.15) is 13.2 Å². The Hall–Kier alpha value is -0.860. The summed E-state index contributed by atoms with van der Waals surface area (Å²) < 4.78 is 43.5. The number of hydrogen-bond donors (Lipinski definition) is 3. The highest BCUT2D eigenvalue weighted by Gasteiger charge is 2.63. The first-order chi connectivity index (χ1) is 12.9. The predicted octanol–water partition coefficient (Wildman–Crippen LogP) is 3.16. The zero-order valence-electron chi connectivity index (χ0n) is 17.4. The maximum absolute atomic E-state index is 13.0. The Kier molecular flexibility index (Phi) is 7.09. The van der Waals surface area contributed by atoms with Gasteiger partial charge in [-0.15, -0.1) is 0 Å². The van der Waals surface area contributed by atoms with E-state index in [2.05, 4.69) is 15.4 Å². The molecule has 8 heteroatoms. The molecule has 0 aromatic heterocycles. The van der Waals surface area contributed by atoms with Crippen molar-refractivity contribution in [2.75, 3.05) is 13.7 Å². The number of carbonyl (C=O) groups excluding carboxylic acids is 1. The van der Waals surface area contributed by atoms with Crippen molar-refractivity contribution >= 4 is 6.47 Å². The van der Waals surface area contributed by atoms with Crippen LogP contribution in [-0.2, 0) is 9.53 Å². The molecule has 3 aliphatic carbocycles.